The molecule has 0 unspecified atom stereocenters. The number of amides is 1. The minimum Gasteiger partial charge on any atom is -0.355 e. The first-order valence-corrected chi connectivity index (χ1v) is 13.7. The molecule has 0 radical (unpaired) electrons. The van der Waals surface area contributed by atoms with Gasteiger partial charge in [0.05, 0.1) is 30.1 Å². The van der Waals surface area contributed by atoms with Gasteiger partial charge >= 0.3 is 6.18 Å². The molecule has 2 heterocycles. The molecule has 2 aromatic rings. The van der Waals surface area contributed by atoms with Gasteiger partial charge in [0, 0.05) is 26.2 Å². The molecule has 1 amide bonds. The first-order chi connectivity index (χ1) is 19.7. The molecule has 1 fully saturated rings. The normalized spacial score (nSPS) is 16.1. The fourth-order valence-electron chi connectivity index (χ4n) is 4.67. The summed E-state index contributed by atoms with van der Waals surface area (Å²) in [6.07, 6.45) is 6.60. The van der Waals surface area contributed by atoms with Gasteiger partial charge in [0.15, 0.2) is 0 Å². The highest BCUT2D eigenvalue weighted by molar-refractivity contribution is 5.97. The van der Waals surface area contributed by atoms with E-state index in [0.717, 1.165) is 17.6 Å². The Morgan fingerprint density at radius 3 is 2.54 bits per heavy atom. The summed E-state index contributed by atoms with van der Waals surface area (Å²) < 4.78 is 38.6. The van der Waals surface area contributed by atoms with Crippen LogP contribution in [0.15, 0.2) is 79.1 Å². The molecule has 3 rings (SSSR count). The van der Waals surface area contributed by atoms with Gasteiger partial charge in [-0.1, -0.05) is 43.0 Å². The highest BCUT2D eigenvalue weighted by Gasteiger charge is 2.31. The number of rotatable bonds is 11. The molecule has 0 bridgehead atoms. The lowest BCUT2D eigenvalue weighted by molar-refractivity contribution is -0.146. The fourth-order valence-corrected chi connectivity index (χ4v) is 4.67. The monoisotopic (exact) mass is 566 g/mol. The van der Waals surface area contributed by atoms with Crippen molar-refractivity contribution in [1.29, 1.82) is 5.26 Å². The third kappa shape index (κ3) is 10.5. The molecular formula is C31H37F3N6O. The van der Waals surface area contributed by atoms with Crippen molar-refractivity contribution in [3.8, 4) is 6.07 Å². The number of hydrogen-bond acceptors (Lipinski definition) is 6. The van der Waals surface area contributed by atoms with E-state index in [-0.39, 0.29) is 5.91 Å². The van der Waals surface area contributed by atoms with Crippen molar-refractivity contribution in [2.45, 2.75) is 38.4 Å². The smallest absolute Gasteiger partial charge is 0.355 e. The summed E-state index contributed by atoms with van der Waals surface area (Å²) in [5, 5.41) is 15.3. The van der Waals surface area contributed by atoms with Crippen LogP contribution in [0, 0.1) is 11.3 Å². The number of carbonyl (C=O) groups is 1. The molecule has 0 aliphatic carbocycles. The van der Waals surface area contributed by atoms with E-state index in [9.17, 15) is 18.0 Å². The van der Waals surface area contributed by atoms with Gasteiger partial charge in [0.25, 0.3) is 0 Å². The Morgan fingerprint density at radius 2 is 1.90 bits per heavy atom. The van der Waals surface area contributed by atoms with E-state index in [1.807, 2.05) is 36.1 Å². The van der Waals surface area contributed by atoms with Crippen molar-refractivity contribution in [3.63, 3.8) is 0 Å². The third-order valence-corrected chi connectivity index (χ3v) is 6.69. The summed E-state index contributed by atoms with van der Waals surface area (Å²) in [7, 11) is 0. The maximum atomic E-state index is 13.4. The molecule has 218 valence electrons. The van der Waals surface area contributed by atoms with Gasteiger partial charge in [-0.05, 0) is 68.1 Å². The minimum atomic E-state index is -4.22. The van der Waals surface area contributed by atoms with Crippen LogP contribution in [0.5, 0.6) is 0 Å². The number of benzene rings is 1. The van der Waals surface area contributed by atoms with Crippen LogP contribution < -0.4 is 15.5 Å². The Balaban J connectivity index is 1.65. The first-order valence-electron chi connectivity index (χ1n) is 13.7. The lowest BCUT2D eigenvalue weighted by Crippen LogP contribution is -2.43. The standard InChI is InChI=1S/C31H37F3N6O/c1-3-7-26(8-4-2)29(36-16-15-24-9-11-25(21-35)12-10-24)30(41)38-27-13-14-28(37-22-27)40-18-6-5-17-39(19-20-40)23-31(32,33)34/h3-4,7-14,22,29,36H,1,5-6,15-20,23H2,2H3,(H,38,41)/b8-4-,26-7+/t29-/m0/s1. The topological polar surface area (TPSA) is 84.3 Å². The number of allylic oxidation sites excluding steroid dienone is 3. The predicted octanol–water partition coefficient (Wildman–Crippen LogP) is 5.25. The maximum absolute atomic E-state index is 13.4. The van der Waals surface area contributed by atoms with Crippen LogP contribution in [0.1, 0.15) is 30.9 Å². The zero-order valence-electron chi connectivity index (χ0n) is 23.3. The SMILES string of the molecule is C=C/C=C(\C=C/C)[C@H](NCCc1ccc(C#N)cc1)C(=O)Nc1ccc(N2CCCCN(CC(F)(F)F)CC2)nc1. The van der Waals surface area contributed by atoms with Crippen molar-refractivity contribution >= 4 is 17.4 Å². The minimum absolute atomic E-state index is 0.264. The maximum Gasteiger partial charge on any atom is 0.401 e. The summed E-state index contributed by atoms with van der Waals surface area (Å²) in [5.41, 5.74) is 2.90. The van der Waals surface area contributed by atoms with Crippen LogP contribution >= 0.6 is 0 Å². The number of anilines is 2. The van der Waals surface area contributed by atoms with Crippen molar-refractivity contribution < 1.29 is 18.0 Å². The molecule has 1 saturated heterocycles. The number of hydrogen-bond donors (Lipinski definition) is 2. The zero-order chi connectivity index (χ0) is 29.7. The third-order valence-electron chi connectivity index (χ3n) is 6.69. The molecule has 10 heteroatoms. The van der Waals surface area contributed by atoms with E-state index in [4.69, 9.17) is 5.26 Å². The van der Waals surface area contributed by atoms with Crippen molar-refractivity contribution in [1.82, 2.24) is 15.2 Å². The van der Waals surface area contributed by atoms with Gasteiger partial charge in [-0.2, -0.15) is 18.4 Å². The van der Waals surface area contributed by atoms with Crippen LogP contribution in [0.2, 0.25) is 0 Å². The van der Waals surface area contributed by atoms with Crippen LogP contribution in [0.4, 0.5) is 24.7 Å². The number of alkyl halides is 3. The second kappa shape index (κ2) is 15.7. The largest absolute Gasteiger partial charge is 0.401 e. The summed E-state index contributed by atoms with van der Waals surface area (Å²) in [6, 6.07) is 12.3. The summed E-state index contributed by atoms with van der Waals surface area (Å²) in [6.45, 7) is 7.15. The molecule has 7 nitrogen and oxygen atoms in total. The molecule has 0 saturated carbocycles. The highest BCUT2D eigenvalue weighted by Crippen LogP contribution is 2.20. The van der Waals surface area contributed by atoms with Gasteiger partial charge in [-0.3, -0.25) is 9.69 Å². The van der Waals surface area contributed by atoms with E-state index in [1.165, 1.54) is 4.90 Å². The predicted molar refractivity (Wildman–Crippen MR) is 157 cm³/mol. The Bertz CT molecular complexity index is 1230. The number of aromatic nitrogens is 1. The summed E-state index contributed by atoms with van der Waals surface area (Å²) >= 11 is 0. The molecule has 1 aromatic carbocycles. The Morgan fingerprint density at radius 1 is 1.15 bits per heavy atom. The summed E-state index contributed by atoms with van der Waals surface area (Å²) in [5.74, 6) is 0.398. The van der Waals surface area contributed by atoms with E-state index < -0.39 is 18.8 Å². The average molecular weight is 567 g/mol. The van der Waals surface area contributed by atoms with Gasteiger partial charge in [-0.25, -0.2) is 4.98 Å². The van der Waals surface area contributed by atoms with E-state index in [0.29, 0.717) is 62.6 Å². The molecule has 1 aliphatic heterocycles. The van der Waals surface area contributed by atoms with Crippen LogP contribution in [-0.4, -0.2) is 67.3 Å². The second-order valence-electron chi connectivity index (χ2n) is 9.83. The number of nitrogens with zero attached hydrogens (tertiary/aromatic N) is 4. The number of nitriles is 1. The number of carbonyl (C=O) groups excluding carboxylic acids is 1. The van der Waals surface area contributed by atoms with Gasteiger partial charge in [0.2, 0.25) is 5.91 Å². The highest BCUT2D eigenvalue weighted by atomic mass is 19.4. The van der Waals surface area contributed by atoms with Crippen LogP contribution in [0.25, 0.3) is 0 Å². The Kier molecular flexibility index (Phi) is 12.1. The van der Waals surface area contributed by atoms with E-state index in [2.05, 4.69) is 28.3 Å². The van der Waals surface area contributed by atoms with Crippen LogP contribution in [-0.2, 0) is 11.2 Å². The second-order valence-corrected chi connectivity index (χ2v) is 9.83. The first kappa shape index (κ1) is 31.6. The molecule has 41 heavy (non-hydrogen) atoms. The molecule has 1 aliphatic rings. The molecule has 1 atom stereocenters. The lowest BCUT2D eigenvalue weighted by atomic mass is 10.0. The number of halogens is 3. The van der Waals surface area contributed by atoms with Crippen LogP contribution in [0.3, 0.4) is 0 Å². The lowest BCUT2D eigenvalue weighted by Gasteiger charge is -2.32. The molecular weight excluding hydrogens is 529 g/mol. The number of nitrogens with one attached hydrogen (secondary N) is 2. The number of pyridine rings is 1. The molecule has 2 N–H and O–H groups in total. The Hall–Kier alpha value is -3.94. The average Bonchev–Trinajstić information content (AvgIpc) is 2.93. The molecule has 1 aromatic heterocycles. The Labute approximate surface area is 240 Å². The van der Waals surface area contributed by atoms with E-state index in [1.54, 1.807) is 42.6 Å². The van der Waals surface area contributed by atoms with Crippen molar-refractivity contribution in [3.05, 3.63) is 90.2 Å². The fraction of sp³-hybridized carbons (Fsp3) is 0.387. The van der Waals surface area contributed by atoms with Crippen molar-refractivity contribution in [2.24, 2.45) is 0 Å². The van der Waals surface area contributed by atoms with E-state index >= 15 is 0 Å². The van der Waals surface area contributed by atoms with Crippen molar-refractivity contribution in [2.75, 3.05) is 49.5 Å². The quantitative estimate of drug-likeness (QED) is 0.362. The zero-order valence-corrected chi connectivity index (χ0v) is 23.3. The van der Waals surface area contributed by atoms with Gasteiger partial charge in [-0.15, -0.1) is 0 Å². The molecule has 0 spiro atoms. The van der Waals surface area contributed by atoms with Gasteiger partial charge < -0.3 is 15.5 Å². The summed E-state index contributed by atoms with van der Waals surface area (Å²) in [4.78, 5) is 21.3. The van der Waals surface area contributed by atoms with Gasteiger partial charge in [0.1, 0.15) is 11.9 Å².